The topological polar surface area (TPSA) is 120 Å². The van der Waals surface area contributed by atoms with Gasteiger partial charge in [0.2, 0.25) is 15.9 Å². The molecule has 254 valence electrons. The van der Waals surface area contributed by atoms with Crippen molar-refractivity contribution in [3.05, 3.63) is 47.5 Å². The Labute approximate surface area is 274 Å². The fourth-order valence-corrected chi connectivity index (χ4v) is 7.69. The predicted molar refractivity (Wildman–Crippen MR) is 177 cm³/mol. The van der Waals surface area contributed by atoms with E-state index in [4.69, 9.17) is 18.9 Å². The van der Waals surface area contributed by atoms with Gasteiger partial charge in [0.25, 0.3) is 0 Å². The Morgan fingerprint density at radius 1 is 1.00 bits per heavy atom. The molecule has 0 aromatic heterocycles. The molecule has 0 spiro atoms. The first-order chi connectivity index (χ1) is 21.9. The van der Waals surface area contributed by atoms with Crippen LogP contribution in [0.25, 0.3) is 0 Å². The zero-order valence-electron chi connectivity index (χ0n) is 27.9. The number of carbonyl (C=O) groups is 2. The molecular weight excluding hydrogens is 608 g/mol. The molecule has 1 saturated heterocycles. The largest absolute Gasteiger partial charge is 0.496 e. The molecule has 0 unspecified atom stereocenters. The van der Waals surface area contributed by atoms with Crippen LogP contribution in [0, 0.1) is 5.92 Å². The molecule has 0 saturated carbocycles. The van der Waals surface area contributed by atoms with E-state index in [9.17, 15) is 18.0 Å². The summed E-state index contributed by atoms with van der Waals surface area (Å²) in [5.41, 5.74) is 0.474. The highest BCUT2D eigenvalue weighted by Crippen LogP contribution is 2.44. The summed E-state index contributed by atoms with van der Waals surface area (Å²) in [6, 6.07) is 9.44. The van der Waals surface area contributed by atoms with E-state index >= 15 is 0 Å². The summed E-state index contributed by atoms with van der Waals surface area (Å²) in [6.45, 7) is 7.78. The molecule has 1 N–H and O–H groups in total. The Morgan fingerprint density at radius 2 is 1.72 bits per heavy atom. The average Bonchev–Trinajstić information content (AvgIpc) is 3.03. The van der Waals surface area contributed by atoms with Crippen molar-refractivity contribution < 1.29 is 37.0 Å². The Bertz CT molecular complexity index is 1430. The Hall–Kier alpha value is -3.31. The molecule has 7 rings (SSSR count). The standard InChI is InChI=1S/C35H50N2O8S/c1-6-7-20-46(40,41)36-29-21-26-11-13-27(14-12-26)44-19-9-8-10-25-15-17-37(18-16-25)32(38)24-35(2,3)33-30(43-5)22-28(42-4)23-31(33)45-34(29)39/h11-14,22-23,25,29,36H,6-10,15-21,24H2,1-5H3/t29-/m0/s1. The lowest BCUT2D eigenvalue weighted by atomic mass is 9.79. The minimum atomic E-state index is -3.79. The van der Waals surface area contributed by atoms with Gasteiger partial charge in [0.15, 0.2) is 0 Å². The molecule has 5 heterocycles. The van der Waals surface area contributed by atoms with Gasteiger partial charge in [0, 0.05) is 42.6 Å². The first-order valence-corrected chi connectivity index (χ1v) is 18.1. The van der Waals surface area contributed by atoms with Gasteiger partial charge in [-0.1, -0.05) is 45.7 Å². The van der Waals surface area contributed by atoms with E-state index < -0.39 is 27.4 Å². The average molecular weight is 659 g/mol. The monoisotopic (exact) mass is 658 g/mol. The summed E-state index contributed by atoms with van der Waals surface area (Å²) in [4.78, 5) is 29.5. The summed E-state index contributed by atoms with van der Waals surface area (Å²) in [5.74, 6) is 1.41. The van der Waals surface area contributed by atoms with E-state index in [1.54, 1.807) is 12.1 Å². The van der Waals surface area contributed by atoms with E-state index in [0.29, 0.717) is 55.5 Å². The van der Waals surface area contributed by atoms with Crippen LogP contribution in [0.5, 0.6) is 23.0 Å². The molecule has 2 aromatic carbocycles. The van der Waals surface area contributed by atoms with Gasteiger partial charge >= 0.3 is 5.97 Å². The number of nitrogens with one attached hydrogen (secondary N) is 1. The molecular formula is C35H50N2O8S. The van der Waals surface area contributed by atoms with Crippen LogP contribution < -0.4 is 23.7 Å². The second-order valence-electron chi connectivity index (χ2n) is 13.0. The lowest BCUT2D eigenvalue weighted by Crippen LogP contribution is -2.45. The molecule has 10 nitrogen and oxygen atoms in total. The van der Waals surface area contributed by atoms with Gasteiger partial charge in [-0.05, 0) is 62.1 Å². The van der Waals surface area contributed by atoms with Crippen LogP contribution in [-0.2, 0) is 31.4 Å². The van der Waals surface area contributed by atoms with Crippen LogP contribution in [0.4, 0.5) is 0 Å². The summed E-state index contributed by atoms with van der Waals surface area (Å²) in [5, 5.41) is 0. The number of methoxy groups -OCH3 is 2. The first-order valence-electron chi connectivity index (χ1n) is 16.4. The van der Waals surface area contributed by atoms with Gasteiger partial charge in [-0.3, -0.25) is 4.79 Å². The normalized spacial score (nSPS) is 21.4. The number of piperidine rings is 1. The number of nitrogens with zero attached hydrogens (tertiary/aromatic N) is 1. The Balaban J connectivity index is 1.73. The number of unbranched alkanes of at least 4 members (excludes halogenated alkanes) is 1. The van der Waals surface area contributed by atoms with Crippen LogP contribution in [0.15, 0.2) is 36.4 Å². The summed E-state index contributed by atoms with van der Waals surface area (Å²) < 4.78 is 51.9. The minimum absolute atomic E-state index is 0.0266. The fourth-order valence-electron chi connectivity index (χ4n) is 6.29. The lowest BCUT2D eigenvalue weighted by Gasteiger charge is -2.35. The lowest BCUT2D eigenvalue weighted by molar-refractivity contribution is -0.136. The van der Waals surface area contributed by atoms with Gasteiger partial charge < -0.3 is 23.8 Å². The number of rotatable bonds is 7. The molecule has 11 heteroatoms. The Morgan fingerprint density at radius 3 is 2.37 bits per heavy atom. The van der Waals surface area contributed by atoms with Crippen LogP contribution in [-0.4, -0.2) is 70.9 Å². The molecule has 5 aliphatic heterocycles. The third kappa shape index (κ3) is 9.61. The highest BCUT2D eigenvalue weighted by atomic mass is 32.2. The van der Waals surface area contributed by atoms with E-state index in [-0.39, 0.29) is 30.3 Å². The maximum Gasteiger partial charge on any atom is 0.329 e. The van der Waals surface area contributed by atoms with Crippen molar-refractivity contribution in [2.45, 2.75) is 90.0 Å². The molecule has 4 bridgehead atoms. The maximum absolute atomic E-state index is 13.9. The van der Waals surface area contributed by atoms with Gasteiger partial charge in [0.1, 0.15) is 29.0 Å². The van der Waals surface area contributed by atoms with Crippen molar-refractivity contribution in [1.29, 1.82) is 0 Å². The number of esters is 1. The third-order valence-electron chi connectivity index (χ3n) is 8.95. The van der Waals surface area contributed by atoms with Crippen LogP contribution in [0.2, 0.25) is 0 Å². The number of hydrogen-bond donors (Lipinski definition) is 1. The number of ether oxygens (including phenoxy) is 4. The van der Waals surface area contributed by atoms with Crippen molar-refractivity contribution in [1.82, 2.24) is 9.62 Å². The second kappa shape index (κ2) is 16.0. The third-order valence-corrected chi connectivity index (χ3v) is 10.4. The van der Waals surface area contributed by atoms with Gasteiger partial charge in [-0.25, -0.2) is 17.9 Å². The summed E-state index contributed by atoms with van der Waals surface area (Å²) >= 11 is 0. The highest BCUT2D eigenvalue weighted by molar-refractivity contribution is 7.89. The van der Waals surface area contributed by atoms with E-state index in [2.05, 4.69) is 4.72 Å². The van der Waals surface area contributed by atoms with E-state index in [1.165, 1.54) is 14.2 Å². The number of carbonyl (C=O) groups excluding carboxylic acids is 2. The molecule has 0 radical (unpaired) electrons. The molecule has 46 heavy (non-hydrogen) atoms. The van der Waals surface area contributed by atoms with Crippen molar-refractivity contribution >= 4 is 21.9 Å². The SMILES string of the molecule is CCCCS(=O)(=O)N[C@H]1Cc2ccc(cc2)OCCCCC2CCN(CC2)C(=O)CC(C)(C)c2c(OC)cc(OC)cc2OC1=O. The van der Waals surface area contributed by atoms with Crippen LogP contribution in [0.3, 0.4) is 0 Å². The summed E-state index contributed by atoms with van der Waals surface area (Å²) in [7, 11) is -0.778. The zero-order chi connectivity index (χ0) is 33.3. The molecule has 1 atom stereocenters. The molecule has 0 aliphatic carbocycles. The van der Waals surface area contributed by atoms with Crippen LogP contribution in [0.1, 0.15) is 83.3 Å². The fraction of sp³-hybridized carbons (Fsp3) is 0.600. The second-order valence-corrected chi connectivity index (χ2v) is 14.9. The number of amides is 1. The minimum Gasteiger partial charge on any atom is -0.496 e. The van der Waals surface area contributed by atoms with E-state index in [0.717, 1.165) is 43.4 Å². The van der Waals surface area contributed by atoms with Crippen molar-refractivity contribution in [3.63, 3.8) is 0 Å². The smallest absolute Gasteiger partial charge is 0.329 e. The molecule has 1 fully saturated rings. The quantitative estimate of drug-likeness (QED) is 0.310. The van der Waals surface area contributed by atoms with Crippen molar-refractivity contribution in [3.8, 4) is 23.0 Å². The maximum atomic E-state index is 13.9. The number of hydrogen-bond acceptors (Lipinski definition) is 8. The zero-order valence-corrected chi connectivity index (χ0v) is 28.7. The van der Waals surface area contributed by atoms with Gasteiger partial charge in [-0.15, -0.1) is 0 Å². The van der Waals surface area contributed by atoms with E-state index in [1.807, 2.05) is 49.9 Å². The van der Waals surface area contributed by atoms with Gasteiger partial charge in [-0.2, -0.15) is 0 Å². The van der Waals surface area contributed by atoms with Crippen LogP contribution >= 0.6 is 0 Å². The number of benzene rings is 2. The Kier molecular flexibility index (Phi) is 12.4. The van der Waals surface area contributed by atoms with Crippen molar-refractivity contribution in [2.75, 3.05) is 39.7 Å². The first kappa shape index (κ1) is 35.5. The highest BCUT2D eigenvalue weighted by Gasteiger charge is 2.36. The molecule has 5 aliphatic rings. The summed E-state index contributed by atoms with van der Waals surface area (Å²) in [6.07, 6.45) is 6.44. The molecule has 1 amide bonds. The number of sulfonamides is 1. The molecule has 2 aromatic rings. The van der Waals surface area contributed by atoms with Gasteiger partial charge in [0.05, 0.1) is 26.6 Å². The predicted octanol–water partition coefficient (Wildman–Crippen LogP) is 5.41. The van der Waals surface area contributed by atoms with Crippen molar-refractivity contribution in [2.24, 2.45) is 5.92 Å².